The molecule has 4 fully saturated rings. The highest BCUT2D eigenvalue weighted by atomic mass is 16.6. The van der Waals surface area contributed by atoms with Crippen molar-refractivity contribution in [3.63, 3.8) is 0 Å². The summed E-state index contributed by atoms with van der Waals surface area (Å²) in [4.78, 5) is 27.2. The van der Waals surface area contributed by atoms with Crippen LogP contribution in [-0.4, -0.2) is 184 Å². The number of methoxy groups -OCH3 is 4. The minimum absolute atomic E-state index is 0. The first kappa shape index (κ1) is 63.6. The number of β-amino-alcohol motifs (C(OH)–C–C–N with tert-alkyl or cyclic N) is 2. The molecule has 8 atom stereocenters. The topological polar surface area (TPSA) is 221 Å². The van der Waals surface area contributed by atoms with Crippen LogP contribution in [0.25, 0.3) is 0 Å². The van der Waals surface area contributed by atoms with Gasteiger partial charge in [-0.05, 0) is 75.6 Å². The zero-order valence-corrected chi connectivity index (χ0v) is 37.5. The molecule has 6 rings (SSSR count). The molecule has 4 saturated heterocycles. The van der Waals surface area contributed by atoms with Crippen LogP contribution in [0.5, 0.6) is 0 Å². The highest BCUT2D eigenvalue weighted by Crippen LogP contribution is 2.17. The first-order chi connectivity index (χ1) is 30.1. The van der Waals surface area contributed by atoms with E-state index in [1.807, 2.05) is 60.7 Å². The van der Waals surface area contributed by atoms with Gasteiger partial charge in [0.05, 0.1) is 55.8 Å². The van der Waals surface area contributed by atoms with Crippen molar-refractivity contribution in [3.05, 3.63) is 71.8 Å². The van der Waals surface area contributed by atoms with Crippen LogP contribution in [0.4, 0.5) is 9.59 Å². The van der Waals surface area contributed by atoms with Crippen LogP contribution in [-0.2, 0) is 41.6 Å². The smallest absolute Gasteiger partial charge is 0.410 e. The maximum absolute atomic E-state index is 12.1. The van der Waals surface area contributed by atoms with E-state index >= 15 is 0 Å². The zero-order chi connectivity index (χ0) is 45.5. The lowest BCUT2D eigenvalue weighted by atomic mass is 10.1. The van der Waals surface area contributed by atoms with E-state index in [-0.39, 0.29) is 90.8 Å². The summed E-state index contributed by atoms with van der Waals surface area (Å²) in [6.45, 7) is 5.74. The van der Waals surface area contributed by atoms with Crippen LogP contribution in [0.2, 0.25) is 0 Å². The van der Waals surface area contributed by atoms with Crippen LogP contribution in [0.1, 0.15) is 84.8 Å². The van der Waals surface area contributed by atoms with Gasteiger partial charge in [-0.2, -0.15) is 0 Å². The molecule has 17 heteroatoms. The third-order valence-electron chi connectivity index (χ3n) is 10.9. The first-order valence-corrected chi connectivity index (χ1v) is 21.7. The Hall–Kier alpha value is -3.46. The Balaban J connectivity index is 0. The number of carbonyl (C=O) groups is 2. The maximum atomic E-state index is 12.1. The highest BCUT2D eigenvalue weighted by Gasteiger charge is 2.30. The van der Waals surface area contributed by atoms with E-state index in [1.54, 1.807) is 38.2 Å². The molecule has 65 heavy (non-hydrogen) atoms. The SMILES string of the molecule is C.C.C.CO.COC1CCCN(C(=O)OCc2ccccc2)CC1O.COC1CCCNCC1O.COC1CN(C(=O)OCc2ccccc2)CCCC1O.COC1CNCCCC1O. The Morgan fingerprint density at radius 2 is 0.923 bits per heavy atom. The lowest BCUT2D eigenvalue weighted by Crippen LogP contribution is -2.40. The van der Waals surface area contributed by atoms with Gasteiger partial charge in [-0.3, -0.25) is 0 Å². The van der Waals surface area contributed by atoms with Gasteiger partial charge >= 0.3 is 12.2 Å². The molecule has 0 spiro atoms. The second-order valence-corrected chi connectivity index (χ2v) is 15.3. The number of amides is 2. The Bertz CT molecular complexity index is 1400. The van der Waals surface area contributed by atoms with Crippen LogP contribution >= 0.6 is 0 Å². The van der Waals surface area contributed by atoms with E-state index in [2.05, 4.69) is 10.6 Å². The third-order valence-corrected chi connectivity index (χ3v) is 10.9. The van der Waals surface area contributed by atoms with Crippen molar-refractivity contribution in [2.45, 2.75) is 136 Å². The quantitative estimate of drug-likeness (QED) is 0.192. The summed E-state index contributed by atoms with van der Waals surface area (Å²) in [5.41, 5.74) is 1.91. The van der Waals surface area contributed by atoms with Gasteiger partial charge in [0.15, 0.2) is 0 Å². The molecule has 0 saturated carbocycles. The predicted molar refractivity (Wildman–Crippen MR) is 255 cm³/mol. The summed E-state index contributed by atoms with van der Waals surface area (Å²) in [5, 5.41) is 51.9. The standard InChI is InChI=1S/2C15H21NO4.2C7H15NO2.CH4O.3CH4/c1-19-14-8-5-9-16(10-13(14)17)15(18)20-11-12-6-3-2-4-7-12;1-19-14-10-16(9-5-8-13(14)17)15(18)20-11-12-6-3-2-4-7-12;1-10-7-3-2-4-8-5-6(7)9;1-10-7-5-8-4-2-3-6(7)9;1-2;;;/h2*2-4,6-7,13-14,17H,5,8-11H2,1H3;2*6-9H,2-5H2,1H3;2H,1H3;3*1H4. The maximum Gasteiger partial charge on any atom is 0.410 e. The van der Waals surface area contributed by atoms with Gasteiger partial charge in [0.1, 0.15) is 19.3 Å². The van der Waals surface area contributed by atoms with Gasteiger partial charge in [0.25, 0.3) is 0 Å². The number of hydrogen-bond acceptors (Lipinski definition) is 15. The lowest BCUT2D eigenvalue weighted by Gasteiger charge is -2.24. The summed E-state index contributed by atoms with van der Waals surface area (Å²) in [7, 11) is 7.42. The van der Waals surface area contributed by atoms with Gasteiger partial charge in [-0.1, -0.05) is 82.9 Å². The third kappa shape index (κ3) is 25.3. The molecule has 0 aromatic heterocycles. The zero-order valence-electron chi connectivity index (χ0n) is 37.5. The molecule has 7 N–H and O–H groups in total. The Labute approximate surface area is 390 Å². The molecule has 2 aromatic carbocycles. The predicted octanol–water partition coefficient (Wildman–Crippen LogP) is 4.60. The number of hydrogen-bond donors (Lipinski definition) is 7. The number of aliphatic hydroxyl groups is 5. The average Bonchev–Trinajstić information content (AvgIpc) is 3.82. The molecule has 2 amide bonds. The van der Waals surface area contributed by atoms with Crippen molar-refractivity contribution in [2.24, 2.45) is 0 Å². The average molecular weight is 929 g/mol. The van der Waals surface area contributed by atoms with Crippen molar-refractivity contribution >= 4 is 12.2 Å². The highest BCUT2D eigenvalue weighted by molar-refractivity contribution is 5.68. The van der Waals surface area contributed by atoms with Gasteiger partial charge in [0, 0.05) is 61.7 Å². The second-order valence-electron chi connectivity index (χ2n) is 15.3. The van der Waals surface area contributed by atoms with Crippen LogP contribution < -0.4 is 10.6 Å². The Morgan fingerprint density at radius 3 is 1.43 bits per heavy atom. The fourth-order valence-electron chi connectivity index (χ4n) is 7.20. The molecule has 4 aliphatic heterocycles. The lowest BCUT2D eigenvalue weighted by molar-refractivity contribution is -0.0210. The molecule has 378 valence electrons. The number of nitrogens with one attached hydrogen (secondary N) is 2. The molecular formula is C48H88N4O13. The fourth-order valence-corrected chi connectivity index (χ4v) is 7.20. The van der Waals surface area contributed by atoms with Crippen molar-refractivity contribution in [2.75, 3.05) is 87.9 Å². The number of likely N-dealkylation sites (tertiary alicyclic amines) is 2. The van der Waals surface area contributed by atoms with Gasteiger partial charge in [-0.25, -0.2) is 9.59 Å². The van der Waals surface area contributed by atoms with Crippen molar-refractivity contribution in [3.8, 4) is 0 Å². The van der Waals surface area contributed by atoms with Crippen molar-refractivity contribution in [1.82, 2.24) is 20.4 Å². The van der Waals surface area contributed by atoms with E-state index in [0.29, 0.717) is 32.6 Å². The summed E-state index contributed by atoms with van der Waals surface area (Å²) in [6, 6.07) is 19.1. The number of aliphatic hydroxyl groups excluding tert-OH is 5. The molecule has 17 nitrogen and oxygen atoms in total. The fraction of sp³-hybridized carbons (Fsp3) is 0.708. The van der Waals surface area contributed by atoms with E-state index in [4.69, 9.17) is 33.5 Å². The summed E-state index contributed by atoms with van der Waals surface area (Å²) in [5.74, 6) is 0. The largest absolute Gasteiger partial charge is 0.445 e. The summed E-state index contributed by atoms with van der Waals surface area (Å²) < 4.78 is 31.2. The van der Waals surface area contributed by atoms with E-state index < -0.39 is 12.2 Å². The van der Waals surface area contributed by atoms with E-state index in [1.165, 1.54) is 0 Å². The van der Waals surface area contributed by atoms with Crippen LogP contribution in [0.3, 0.4) is 0 Å². The molecule has 4 heterocycles. The van der Waals surface area contributed by atoms with Crippen molar-refractivity contribution < 1.29 is 63.5 Å². The summed E-state index contributed by atoms with van der Waals surface area (Å²) >= 11 is 0. The van der Waals surface area contributed by atoms with E-state index in [9.17, 15) is 30.0 Å². The molecular weight excluding hydrogens is 841 g/mol. The number of ether oxygens (including phenoxy) is 6. The van der Waals surface area contributed by atoms with E-state index in [0.717, 1.165) is 82.8 Å². The second kappa shape index (κ2) is 38.6. The molecule has 0 bridgehead atoms. The normalized spacial score (nSPS) is 25.3. The first-order valence-electron chi connectivity index (χ1n) is 21.7. The number of carbonyl (C=O) groups excluding carboxylic acids is 2. The molecule has 2 aromatic rings. The number of nitrogens with zero attached hydrogens (tertiary/aromatic N) is 2. The molecule has 4 aliphatic rings. The minimum atomic E-state index is -0.660. The van der Waals surface area contributed by atoms with Crippen LogP contribution in [0, 0.1) is 0 Å². The number of rotatable bonds is 8. The van der Waals surface area contributed by atoms with Gasteiger partial charge in [-0.15, -0.1) is 0 Å². The van der Waals surface area contributed by atoms with Crippen LogP contribution in [0.15, 0.2) is 60.7 Å². The summed E-state index contributed by atoms with van der Waals surface area (Å²) in [6.07, 6.45) is 3.84. The van der Waals surface area contributed by atoms with Gasteiger partial charge in [0.2, 0.25) is 0 Å². The van der Waals surface area contributed by atoms with Gasteiger partial charge < -0.3 is 74.4 Å². The number of benzene rings is 2. The Morgan fingerprint density at radius 1 is 0.523 bits per heavy atom. The van der Waals surface area contributed by atoms with Crippen molar-refractivity contribution in [1.29, 1.82) is 0 Å². The molecule has 0 radical (unpaired) electrons. The molecule has 0 aliphatic carbocycles. The Kier molecular flexibility index (Phi) is 37.8. The minimum Gasteiger partial charge on any atom is -0.445 e. The monoisotopic (exact) mass is 929 g/mol. The molecule has 8 unspecified atom stereocenters.